The van der Waals surface area contributed by atoms with Gasteiger partial charge in [-0.2, -0.15) is 4.57 Å². The normalized spacial score (nSPS) is 11.7. The van der Waals surface area contributed by atoms with Gasteiger partial charge in [0.15, 0.2) is 12.4 Å². The maximum atomic E-state index is 12.4. The third-order valence-corrected chi connectivity index (χ3v) is 4.31. The second-order valence-corrected chi connectivity index (χ2v) is 6.20. The van der Waals surface area contributed by atoms with Crippen LogP contribution >= 0.6 is 0 Å². The molecule has 1 atom stereocenters. The van der Waals surface area contributed by atoms with E-state index in [1.54, 1.807) is 0 Å². The lowest BCUT2D eigenvalue weighted by Crippen LogP contribution is -2.46. The predicted octanol–water partition coefficient (Wildman–Crippen LogP) is 3.44. The summed E-state index contributed by atoms with van der Waals surface area (Å²) in [4.78, 5) is 12.4. The molecule has 0 unspecified atom stereocenters. The fraction of sp³-hybridized carbons (Fsp3) is 0.182. The van der Waals surface area contributed by atoms with Crippen LogP contribution in [0.5, 0.6) is 0 Å². The van der Waals surface area contributed by atoms with Crippen LogP contribution in [0.2, 0.25) is 0 Å². The van der Waals surface area contributed by atoms with Crippen LogP contribution in [0.1, 0.15) is 29.7 Å². The van der Waals surface area contributed by atoms with E-state index in [1.807, 2.05) is 60.3 Å². The Balaban J connectivity index is 1.58. The topological polar surface area (TPSA) is 33.0 Å². The van der Waals surface area contributed by atoms with E-state index in [4.69, 9.17) is 0 Å². The van der Waals surface area contributed by atoms with Gasteiger partial charge in [0.1, 0.15) is 0 Å². The first-order chi connectivity index (χ1) is 12.2. The molecule has 1 heterocycles. The molecule has 0 saturated heterocycles. The van der Waals surface area contributed by atoms with Crippen LogP contribution in [0, 0.1) is 0 Å². The van der Waals surface area contributed by atoms with Gasteiger partial charge < -0.3 is 5.32 Å². The molecule has 2 aromatic carbocycles. The molecule has 0 radical (unpaired) electrons. The van der Waals surface area contributed by atoms with Crippen LogP contribution in [0.4, 0.5) is 0 Å². The lowest BCUT2D eigenvalue weighted by Gasteiger charge is -2.09. The van der Waals surface area contributed by atoms with Crippen molar-refractivity contribution in [2.45, 2.75) is 25.9 Å². The quantitative estimate of drug-likeness (QED) is 0.690. The molecule has 1 N–H and O–H groups in total. The number of hydrogen-bond donors (Lipinski definition) is 1. The average Bonchev–Trinajstić information content (AvgIpc) is 2.68. The van der Waals surface area contributed by atoms with Gasteiger partial charge >= 0.3 is 0 Å². The Morgan fingerprint density at radius 3 is 1.96 bits per heavy atom. The summed E-state index contributed by atoms with van der Waals surface area (Å²) in [6.45, 7) is 2.47. The number of amides is 1. The van der Waals surface area contributed by atoms with Crippen molar-refractivity contribution in [1.82, 2.24) is 5.32 Å². The first-order valence-electron chi connectivity index (χ1n) is 8.57. The van der Waals surface area contributed by atoms with Gasteiger partial charge in [0.2, 0.25) is 6.04 Å². The van der Waals surface area contributed by atoms with E-state index in [0.717, 1.165) is 12.0 Å². The summed E-state index contributed by atoms with van der Waals surface area (Å²) < 4.78 is 1.94. The highest BCUT2D eigenvalue weighted by Gasteiger charge is 2.21. The standard InChI is InChI=1S/C22H22N2O/c1-18(22(25)23-17-21-10-6-3-7-11-21)24-14-12-20(13-15-24)16-19-8-4-2-5-9-19/h2-15,18H,16-17H2,1H3/p+1/t18-/m0/s1. The largest absolute Gasteiger partial charge is 0.346 e. The Bertz CT molecular complexity index is 798. The van der Waals surface area contributed by atoms with Gasteiger partial charge in [-0.3, -0.25) is 4.79 Å². The predicted molar refractivity (Wildman–Crippen MR) is 98.9 cm³/mol. The van der Waals surface area contributed by atoms with Gasteiger partial charge in [-0.25, -0.2) is 0 Å². The molecular weight excluding hydrogens is 308 g/mol. The van der Waals surface area contributed by atoms with Crippen LogP contribution in [0.15, 0.2) is 85.2 Å². The van der Waals surface area contributed by atoms with E-state index >= 15 is 0 Å². The number of aromatic nitrogens is 1. The SMILES string of the molecule is C[C@@H](C(=O)NCc1ccccc1)[n+]1ccc(Cc2ccccc2)cc1. The van der Waals surface area contributed by atoms with Gasteiger partial charge in [-0.05, 0) is 23.1 Å². The number of rotatable bonds is 6. The average molecular weight is 331 g/mol. The van der Waals surface area contributed by atoms with Crippen molar-refractivity contribution in [3.63, 3.8) is 0 Å². The van der Waals surface area contributed by atoms with E-state index in [2.05, 4.69) is 41.7 Å². The highest BCUT2D eigenvalue weighted by Crippen LogP contribution is 2.08. The minimum atomic E-state index is -0.241. The Hall–Kier alpha value is -2.94. The van der Waals surface area contributed by atoms with Gasteiger partial charge in [0.25, 0.3) is 5.91 Å². The molecule has 0 aliphatic rings. The lowest BCUT2D eigenvalue weighted by molar-refractivity contribution is -0.706. The molecule has 3 aromatic rings. The van der Waals surface area contributed by atoms with E-state index in [9.17, 15) is 4.79 Å². The summed E-state index contributed by atoms with van der Waals surface area (Å²) in [7, 11) is 0. The zero-order valence-corrected chi connectivity index (χ0v) is 14.4. The molecule has 0 aliphatic heterocycles. The molecule has 3 nitrogen and oxygen atoms in total. The van der Waals surface area contributed by atoms with Crippen molar-refractivity contribution >= 4 is 5.91 Å². The third kappa shape index (κ3) is 4.77. The van der Waals surface area contributed by atoms with E-state index in [-0.39, 0.29) is 11.9 Å². The Labute approximate surface area is 149 Å². The second-order valence-electron chi connectivity index (χ2n) is 6.20. The minimum Gasteiger partial charge on any atom is -0.346 e. The molecule has 0 fully saturated rings. The van der Waals surface area contributed by atoms with Crippen LogP contribution < -0.4 is 9.88 Å². The van der Waals surface area contributed by atoms with Gasteiger partial charge in [0.05, 0.1) is 0 Å². The number of nitrogens with zero attached hydrogens (tertiary/aromatic N) is 1. The number of hydrogen-bond acceptors (Lipinski definition) is 1. The summed E-state index contributed by atoms with van der Waals surface area (Å²) >= 11 is 0. The van der Waals surface area contributed by atoms with Crippen molar-refractivity contribution in [3.8, 4) is 0 Å². The first-order valence-corrected chi connectivity index (χ1v) is 8.57. The van der Waals surface area contributed by atoms with Crippen molar-refractivity contribution < 1.29 is 9.36 Å². The maximum Gasteiger partial charge on any atom is 0.289 e. The molecular formula is C22H23N2O+. The van der Waals surface area contributed by atoms with Crippen LogP contribution in [-0.4, -0.2) is 5.91 Å². The molecule has 3 rings (SSSR count). The molecule has 0 aliphatic carbocycles. The van der Waals surface area contributed by atoms with Crippen molar-refractivity contribution in [3.05, 3.63) is 102 Å². The molecule has 0 spiro atoms. The fourth-order valence-corrected chi connectivity index (χ4v) is 2.74. The Morgan fingerprint density at radius 2 is 1.36 bits per heavy atom. The zero-order chi connectivity index (χ0) is 17.5. The Morgan fingerprint density at radius 1 is 0.840 bits per heavy atom. The van der Waals surface area contributed by atoms with Crippen LogP contribution in [0.3, 0.4) is 0 Å². The summed E-state index contributed by atoms with van der Waals surface area (Å²) in [5, 5.41) is 2.99. The number of benzene rings is 2. The van der Waals surface area contributed by atoms with Gasteiger partial charge in [-0.1, -0.05) is 60.7 Å². The third-order valence-electron chi connectivity index (χ3n) is 4.31. The van der Waals surface area contributed by atoms with Crippen molar-refractivity contribution in [1.29, 1.82) is 0 Å². The minimum absolute atomic E-state index is 0.0182. The summed E-state index contributed by atoms with van der Waals surface area (Å²) in [6, 6.07) is 24.2. The monoisotopic (exact) mass is 331 g/mol. The van der Waals surface area contributed by atoms with Gasteiger partial charge in [0, 0.05) is 25.6 Å². The molecule has 126 valence electrons. The molecule has 25 heavy (non-hydrogen) atoms. The van der Waals surface area contributed by atoms with Crippen molar-refractivity contribution in [2.24, 2.45) is 0 Å². The molecule has 0 bridgehead atoms. The van der Waals surface area contributed by atoms with Crippen LogP contribution in [-0.2, 0) is 17.8 Å². The molecule has 1 amide bonds. The molecule has 0 saturated carbocycles. The smallest absolute Gasteiger partial charge is 0.289 e. The van der Waals surface area contributed by atoms with Crippen LogP contribution in [0.25, 0.3) is 0 Å². The number of carbonyl (C=O) groups is 1. The fourth-order valence-electron chi connectivity index (χ4n) is 2.74. The second kappa shape index (κ2) is 8.25. The number of pyridine rings is 1. The lowest BCUT2D eigenvalue weighted by atomic mass is 10.1. The number of nitrogens with one attached hydrogen (secondary N) is 1. The highest BCUT2D eigenvalue weighted by atomic mass is 16.2. The van der Waals surface area contributed by atoms with E-state index in [1.165, 1.54) is 11.1 Å². The molecule has 1 aromatic heterocycles. The summed E-state index contributed by atoms with van der Waals surface area (Å²) in [5.74, 6) is 0.0182. The van der Waals surface area contributed by atoms with E-state index in [0.29, 0.717) is 6.54 Å². The van der Waals surface area contributed by atoms with Gasteiger partial charge in [-0.15, -0.1) is 0 Å². The van der Waals surface area contributed by atoms with E-state index < -0.39 is 0 Å². The Kier molecular flexibility index (Phi) is 5.57. The summed E-state index contributed by atoms with van der Waals surface area (Å²) in [5.41, 5.74) is 3.62. The first kappa shape index (κ1) is 16.9. The van der Waals surface area contributed by atoms with Crippen molar-refractivity contribution in [2.75, 3.05) is 0 Å². The number of carbonyl (C=O) groups excluding carboxylic acids is 1. The maximum absolute atomic E-state index is 12.4. The summed E-state index contributed by atoms with van der Waals surface area (Å²) in [6.07, 6.45) is 4.85. The highest BCUT2D eigenvalue weighted by molar-refractivity contribution is 5.78. The molecule has 3 heteroatoms. The zero-order valence-electron chi connectivity index (χ0n) is 14.4.